The molecule has 112 valence electrons. The minimum atomic E-state index is -0.361. The largest absolute Gasteiger partial charge is 0.389 e. The predicted molar refractivity (Wildman–Crippen MR) is 79.7 cm³/mol. The first-order valence-electron chi connectivity index (χ1n) is 7.03. The quantitative estimate of drug-likeness (QED) is 0.438. The Bertz CT molecular complexity index is 517. The summed E-state index contributed by atoms with van der Waals surface area (Å²) in [5.74, 6) is -0.623. The lowest BCUT2D eigenvalue weighted by atomic mass is 10.1. The molecule has 1 rings (SSSR count). The van der Waals surface area contributed by atoms with Crippen molar-refractivity contribution in [2.24, 2.45) is 0 Å². The van der Waals surface area contributed by atoms with Gasteiger partial charge in [-0.05, 0) is 30.5 Å². The van der Waals surface area contributed by atoms with E-state index in [9.17, 15) is 9.18 Å². The van der Waals surface area contributed by atoms with Gasteiger partial charge in [-0.25, -0.2) is 4.39 Å². The van der Waals surface area contributed by atoms with Crippen molar-refractivity contribution >= 4 is 5.91 Å². The number of benzene rings is 1. The van der Waals surface area contributed by atoms with E-state index in [4.69, 9.17) is 5.26 Å². The van der Waals surface area contributed by atoms with Crippen LogP contribution in [0.1, 0.15) is 25.3 Å². The van der Waals surface area contributed by atoms with Crippen molar-refractivity contribution in [3.8, 4) is 6.07 Å². The van der Waals surface area contributed by atoms with Crippen molar-refractivity contribution in [2.75, 3.05) is 13.1 Å². The Hall–Kier alpha value is -2.35. The molecule has 0 spiro atoms. The number of rotatable bonds is 8. The van der Waals surface area contributed by atoms with Crippen LogP contribution in [0.25, 0.3) is 0 Å². The van der Waals surface area contributed by atoms with E-state index in [1.54, 1.807) is 12.1 Å². The van der Waals surface area contributed by atoms with Gasteiger partial charge in [-0.1, -0.05) is 25.5 Å². The molecule has 0 aliphatic rings. The normalized spacial score (nSPS) is 10.8. The highest BCUT2D eigenvalue weighted by molar-refractivity contribution is 5.97. The summed E-state index contributed by atoms with van der Waals surface area (Å²) < 4.78 is 12.7. The van der Waals surface area contributed by atoms with Gasteiger partial charge in [-0.3, -0.25) is 4.79 Å². The molecule has 0 unspecified atom stereocenters. The zero-order valence-corrected chi connectivity index (χ0v) is 12.2. The maximum Gasteiger partial charge on any atom is 0.263 e. The van der Waals surface area contributed by atoms with Crippen LogP contribution in [0.2, 0.25) is 0 Å². The molecule has 0 heterocycles. The van der Waals surface area contributed by atoms with Crippen molar-refractivity contribution in [1.29, 1.82) is 5.26 Å². The number of nitriles is 1. The zero-order chi connectivity index (χ0) is 15.5. The number of carbonyl (C=O) groups excluding carboxylic acids is 1. The van der Waals surface area contributed by atoms with Gasteiger partial charge in [-0.15, -0.1) is 0 Å². The number of carbonyl (C=O) groups is 1. The molecule has 0 aliphatic heterocycles. The van der Waals surface area contributed by atoms with E-state index in [1.165, 1.54) is 18.3 Å². The fraction of sp³-hybridized carbons (Fsp3) is 0.375. The van der Waals surface area contributed by atoms with Crippen LogP contribution in [0.15, 0.2) is 36.0 Å². The van der Waals surface area contributed by atoms with Crippen LogP contribution in [0.3, 0.4) is 0 Å². The number of amides is 1. The molecule has 1 aromatic rings. The van der Waals surface area contributed by atoms with Crippen molar-refractivity contribution < 1.29 is 9.18 Å². The van der Waals surface area contributed by atoms with Gasteiger partial charge in [-0.2, -0.15) is 5.26 Å². The maximum atomic E-state index is 12.7. The van der Waals surface area contributed by atoms with E-state index < -0.39 is 0 Å². The lowest BCUT2D eigenvalue weighted by Gasteiger charge is -2.04. The highest BCUT2D eigenvalue weighted by Gasteiger charge is 2.06. The van der Waals surface area contributed by atoms with E-state index in [1.807, 2.05) is 13.0 Å². The van der Waals surface area contributed by atoms with Crippen LogP contribution in [0.4, 0.5) is 4.39 Å². The van der Waals surface area contributed by atoms with Gasteiger partial charge < -0.3 is 10.6 Å². The second-order valence-electron chi connectivity index (χ2n) is 4.61. The zero-order valence-electron chi connectivity index (χ0n) is 12.2. The molecule has 0 radical (unpaired) electrons. The number of halogens is 1. The topological polar surface area (TPSA) is 64.9 Å². The van der Waals surface area contributed by atoms with Gasteiger partial charge in [0.15, 0.2) is 0 Å². The Morgan fingerprint density at radius 1 is 1.33 bits per heavy atom. The Morgan fingerprint density at radius 3 is 2.67 bits per heavy atom. The highest BCUT2D eigenvalue weighted by atomic mass is 19.1. The van der Waals surface area contributed by atoms with Crippen LogP contribution in [0.5, 0.6) is 0 Å². The first-order valence-corrected chi connectivity index (χ1v) is 7.03. The molecule has 21 heavy (non-hydrogen) atoms. The Kier molecular flexibility index (Phi) is 7.59. The Morgan fingerprint density at radius 2 is 2.05 bits per heavy atom. The average Bonchev–Trinajstić information content (AvgIpc) is 2.49. The third-order valence-corrected chi connectivity index (χ3v) is 2.90. The third-order valence-electron chi connectivity index (χ3n) is 2.90. The fourth-order valence-corrected chi connectivity index (χ4v) is 1.66. The van der Waals surface area contributed by atoms with Gasteiger partial charge in [0.2, 0.25) is 0 Å². The molecule has 0 bridgehead atoms. The molecule has 0 fully saturated rings. The van der Waals surface area contributed by atoms with E-state index in [0.29, 0.717) is 19.5 Å². The monoisotopic (exact) mass is 289 g/mol. The van der Waals surface area contributed by atoms with E-state index in [0.717, 1.165) is 18.4 Å². The summed E-state index contributed by atoms with van der Waals surface area (Å²) in [6, 6.07) is 8.11. The fourth-order valence-electron chi connectivity index (χ4n) is 1.66. The number of hydrogen-bond acceptors (Lipinski definition) is 3. The number of nitrogens with one attached hydrogen (secondary N) is 2. The molecule has 5 heteroatoms. The van der Waals surface area contributed by atoms with Crippen LogP contribution in [0, 0.1) is 17.1 Å². The number of nitrogens with zero attached hydrogens (tertiary/aromatic N) is 1. The average molecular weight is 289 g/mol. The standard InChI is InChI=1S/C16H20FN3O/c1-2-3-9-20-16(21)14(11-18)12-19-10-8-13-4-6-15(17)7-5-13/h4-7,12,19H,2-3,8-10H2,1H3,(H,20,21)/b14-12-. The van der Waals surface area contributed by atoms with E-state index in [-0.39, 0.29) is 17.3 Å². The Balaban J connectivity index is 2.37. The second kappa shape index (κ2) is 9.54. The van der Waals surface area contributed by atoms with Crippen molar-refractivity contribution in [3.63, 3.8) is 0 Å². The molecule has 1 aromatic carbocycles. The summed E-state index contributed by atoms with van der Waals surface area (Å²) in [7, 11) is 0. The van der Waals surface area contributed by atoms with Gasteiger partial charge in [0.25, 0.3) is 5.91 Å². The molecular formula is C16H20FN3O. The Labute approximate surface area is 124 Å². The van der Waals surface area contributed by atoms with Gasteiger partial charge in [0, 0.05) is 19.3 Å². The van der Waals surface area contributed by atoms with Crippen molar-refractivity contribution in [3.05, 3.63) is 47.4 Å². The van der Waals surface area contributed by atoms with E-state index >= 15 is 0 Å². The lowest BCUT2D eigenvalue weighted by Crippen LogP contribution is -2.26. The second-order valence-corrected chi connectivity index (χ2v) is 4.61. The maximum absolute atomic E-state index is 12.7. The van der Waals surface area contributed by atoms with Crippen molar-refractivity contribution in [1.82, 2.24) is 10.6 Å². The molecule has 0 aliphatic carbocycles. The summed E-state index contributed by atoms with van der Waals surface area (Å²) in [5, 5.41) is 14.6. The minimum Gasteiger partial charge on any atom is -0.389 e. The third kappa shape index (κ3) is 6.57. The molecule has 2 N–H and O–H groups in total. The molecule has 4 nitrogen and oxygen atoms in total. The molecule has 0 saturated heterocycles. The highest BCUT2D eigenvalue weighted by Crippen LogP contribution is 2.02. The molecule has 0 atom stereocenters. The first-order chi connectivity index (χ1) is 10.2. The summed E-state index contributed by atoms with van der Waals surface area (Å²) in [4.78, 5) is 11.7. The first kappa shape index (κ1) is 16.7. The number of hydrogen-bond donors (Lipinski definition) is 2. The molecule has 0 aromatic heterocycles. The summed E-state index contributed by atoms with van der Waals surface area (Å²) in [6.45, 7) is 3.17. The summed E-state index contributed by atoms with van der Waals surface area (Å²) >= 11 is 0. The van der Waals surface area contributed by atoms with E-state index in [2.05, 4.69) is 10.6 Å². The minimum absolute atomic E-state index is 0.0604. The van der Waals surface area contributed by atoms with Crippen LogP contribution < -0.4 is 10.6 Å². The molecule has 1 amide bonds. The van der Waals surface area contributed by atoms with Gasteiger partial charge >= 0.3 is 0 Å². The number of unbranched alkanes of at least 4 members (excludes halogenated alkanes) is 1. The van der Waals surface area contributed by atoms with Crippen LogP contribution in [-0.2, 0) is 11.2 Å². The predicted octanol–water partition coefficient (Wildman–Crippen LogP) is 2.28. The smallest absolute Gasteiger partial charge is 0.263 e. The van der Waals surface area contributed by atoms with Crippen LogP contribution >= 0.6 is 0 Å². The molecular weight excluding hydrogens is 269 g/mol. The lowest BCUT2D eigenvalue weighted by molar-refractivity contribution is -0.117. The molecule has 0 saturated carbocycles. The van der Waals surface area contributed by atoms with Gasteiger partial charge in [0.1, 0.15) is 17.5 Å². The van der Waals surface area contributed by atoms with Crippen LogP contribution in [-0.4, -0.2) is 19.0 Å². The summed E-state index contributed by atoms with van der Waals surface area (Å²) in [6.07, 6.45) is 3.99. The SMILES string of the molecule is CCCCNC(=O)/C(C#N)=C\NCCc1ccc(F)cc1. The van der Waals surface area contributed by atoms with Gasteiger partial charge in [0.05, 0.1) is 0 Å². The summed E-state index contributed by atoms with van der Waals surface area (Å²) in [5.41, 5.74) is 1.05. The van der Waals surface area contributed by atoms with Crippen molar-refractivity contribution in [2.45, 2.75) is 26.2 Å².